The molecule has 0 aliphatic heterocycles. The van der Waals surface area contributed by atoms with Gasteiger partial charge >= 0.3 is 0 Å². The van der Waals surface area contributed by atoms with Gasteiger partial charge in [0.2, 0.25) is 0 Å². The summed E-state index contributed by atoms with van der Waals surface area (Å²) in [5.41, 5.74) is 23.0. The van der Waals surface area contributed by atoms with Crippen molar-refractivity contribution in [2.45, 2.75) is 0 Å². The van der Waals surface area contributed by atoms with Crippen LogP contribution in [0.1, 0.15) is 0 Å². The Balaban J connectivity index is 0.671. The molecule has 6 heteroatoms. The molecule has 0 radical (unpaired) electrons. The van der Waals surface area contributed by atoms with Gasteiger partial charge in [-0.15, -0.1) is 0 Å². The summed E-state index contributed by atoms with van der Waals surface area (Å²) < 4.78 is 12.2. The normalized spacial score (nSPS) is 12.1. The van der Waals surface area contributed by atoms with Crippen LogP contribution in [0, 0.1) is 0 Å². The minimum absolute atomic E-state index is 1.06. The van der Waals surface area contributed by atoms with Crippen molar-refractivity contribution in [3.05, 3.63) is 352 Å². The number of hydrogen-bond acceptors (Lipinski definition) is 1. The predicted molar refractivity (Wildman–Crippen MR) is 413 cm³/mol. The van der Waals surface area contributed by atoms with E-state index in [2.05, 4.69) is 380 Å². The molecule has 0 atom stereocenters. The molecular weight excluding hydrogens is 1190 g/mol. The van der Waals surface area contributed by atoms with Gasteiger partial charge in [0.15, 0.2) is 0 Å². The Morgan fingerprint density at radius 3 is 0.837 bits per heavy atom. The highest BCUT2D eigenvalue weighted by atomic mass is 15.1. The fourth-order valence-electron chi connectivity index (χ4n) is 16.5. The van der Waals surface area contributed by atoms with Crippen LogP contribution in [0.4, 0.5) is 17.1 Å². The van der Waals surface area contributed by atoms with Crippen LogP contribution in [0.2, 0.25) is 0 Å². The van der Waals surface area contributed by atoms with Crippen LogP contribution in [0.15, 0.2) is 352 Å². The fraction of sp³-hybridized carbons (Fsp3) is 0. The average Bonchev–Trinajstić information content (AvgIpc) is 1.56. The van der Waals surface area contributed by atoms with E-state index in [1.807, 2.05) is 0 Å². The molecule has 98 heavy (non-hydrogen) atoms. The van der Waals surface area contributed by atoms with Crippen molar-refractivity contribution < 1.29 is 0 Å². The third kappa shape index (κ3) is 8.03. The molecular formula is C92H58N6. The van der Waals surface area contributed by atoms with Gasteiger partial charge in [-0.2, -0.15) is 0 Å². The highest BCUT2D eigenvalue weighted by molar-refractivity contribution is 6.21. The number of rotatable bonds is 9. The van der Waals surface area contributed by atoms with Crippen LogP contribution < -0.4 is 4.90 Å². The van der Waals surface area contributed by atoms with Crippen molar-refractivity contribution in [1.82, 2.24) is 22.8 Å². The van der Waals surface area contributed by atoms with E-state index in [1.54, 1.807) is 0 Å². The fourth-order valence-corrected chi connectivity index (χ4v) is 16.5. The molecule has 0 saturated carbocycles. The molecule has 0 N–H and O–H groups in total. The zero-order chi connectivity index (χ0) is 64.1. The summed E-state index contributed by atoms with van der Waals surface area (Å²) in [5, 5.41) is 17.2. The summed E-state index contributed by atoms with van der Waals surface area (Å²) in [6.07, 6.45) is 0. The first kappa shape index (κ1) is 54.3. The first-order valence-corrected chi connectivity index (χ1v) is 33.7. The molecule has 0 unspecified atom stereocenters. The lowest BCUT2D eigenvalue weighted by atomic mass is 9.98. The Hall–Kier alpha value is -13.2. The molecule has 0 spiro atoms. The molecule has 16 aromatic carbocycles. The van der Waals surface area contributed by atoms with E-state index >= 15 is 0 Å². The minimum atomic E-state index is 1.06. The summed E-state index contributed by atoms with van der Waals surface area (Å²) in [7, 11) is 0. The summed E-state index contributed by atoms with van der Waals surface area (Å²) in [6, 6.07) is 130. The van der Waals surface area contributed by atoms with E-state index in [-0.39, 0.29) is 0 Å². The van der Waals surface area contributed by atoms with E-state index < -0.39 is 0 Å². The van der Waals surface area contributed by atoms with Gasteiger partial charge < -0.3 is 27.7 Å². The van der Waals surface area contributed by atoms with Gasteiger partial charge in [-0.05, 0) is 180 Å². The minimum Gasteiger partial charge on any atom is -0.310 e. The van der Waals surface area contributed by atoms with Crippen molar-refractivity contribution in [2.24, 2.45) is 0 Å². The quantitative estimate of drug-likeness (QED) is 0.142. The number of aromatic nitrogens is 5. The molecule has 0 aliphatic rings. The number of anilines is 3. The van der Waals surface area contributed by atoms with E-state index in [0.717, 1.165) is 50.8 Å². The predicted octanol–water partition coefficient (Wildman–Crippen LogP) is 24.6. The molecule has 21 aromatic rings. The third-order valence-electron chi connectivity index (χ3n) is 20.8. The molecule has 456 valence electrons. The Bertz CT molecular complexity index is 6580. The van der Waals surface area contributed by atoms with Crippen molar-refractivity contribution in [2.75, 3.05) is 4.90 Å². The van der Waals surface area contributed by atoms with Crippen molar-refractivity contribution in [1.29, 1.82) is 0 Å². The largest absolute Gasteiger partial charge is 0.310 e. The van der Waals surface area contributed by atoms with Crippen LogP contribution in [0.3, 0.4) is 0 Å². The maximum absolute atomic E-state index is 2.51. The Labute approximate surface area is 563 Å². The molecule has 6 nitrogen and oxygen atoms in total. The second-order valence-electron chi connectivity index (χ2n) is 26.0. The van der Waals surface area contributed by atoms with E-state index in [0.29, 0.717) is 0 Å². The molecule has 5 heterocycles. The molecule has 0 saturated heterocycles. The summed E-state index contributed by atoms with van der Waals surface area (Å²) >= 11 is 0. The van der Waals surface area contributed by atoms with Gasteiger partial charge in [-0.25, -0.2) is 0 Å². The van der Waals surface area contributed by atoms with Crippen LogP contribution in [-0.4, -0.2) is 22.8 Å². The summed E-state index contributed by atoms with van der Waals surface area (Å²) in [4.78, 5) is 2.38. The lowest BCUT2D eigenvalue weighted by molar-refractivity contribution is 1.16. The Morgan fingerprint density at radius 1 is 0.163 bits per heavy atom. The van der Waals surface area contributed by atoms with Gasteiger partial charge in [-0.3, -0.25) is 0 Å². The number of fused-ring (bicyclic) bond motifs is 17. The van der Waals surface area contributed by atoms with Crippen LogP contribution in [0.25, 0.3) is 170 Å². The highest BCUT2D eigenvalue weighted by Gasteiger charge is 2.23. The van der Waals surface area contributed by atoms with Crippen molar-refractivity contribution in [3.63, 3.8) is 0 Å². The molecule has 0 amide bonds. The number of para-hydroxylation sites is 7. The maximum atomic E-state index is 2.51. The SMILES string of the molecule is c1ccc2c(-n3c4ccccc4c4cc5c(cc43)c3ccccc3n5-c3cccc4ccc(-c5ccc6c(c5)c5ccccc5n6-c5ccc(N(c6ccc(-n7c8ccccc8c8ccccc87)cc6)c6ccc(-n7c8ccccc8c8ccccc87)cc6)cc5)cc34)cccc2c1. The molecule has 21 rings (SSSR count). The average molecular weight is 1250 g/mol. The van der Waals surface area contributed by atoms with Gasteiger partial charge in [-0.1, -0.05) is 194 Å². The highest BCUT2D eigenvalue weighted by Crippen LogP contribution is 2.45. The second kappa shape index (κ2) is 21.2. The third-order valence-corrected chi connectivity index (χ3v) is 20.8. The van der Waals surface area contributed by atoms with E-state index in [1.165, 1.54) is 136 Å². The molecule has 0 fully saturated rings. The van der Waals surface area contributed by atoms with E-state index in [4.69, 9.17) is 0 Å². The van der Waals surface area contributed by atoms with Gasteiger partial charge in [0, 0.05) is 98.8 Å². The molecule has 0 aliphatic carbocycles. The van der Waals surface area contributed by atoms with Crippen molar-refractivity contribution >= 4 is 148 Å². The van der Waals surface area contributed by atoms with E-state index in [9.17, 15) is 0 Å². The summed E-state index contributed by atoms with van der Waals surface area (Å²) in [5.74, 6) is 0. The van der Waals surface area contributed by atoms with Gasteiger partial charge in [0.25, 0.3) is 0 Å². The van der Waals surface area contributed by atoms with Gasteiger partial charge in [0.05, 0.1) is 66.5 Å². The lowest BCUT2D eigenvalue weighted by Crippen LogP contribution is -2.10. The summed E-state index contributed by atoms with van der Waals surface area (Å²) in [6.45, 7) is 0. The number of nitrogens with zero attached hydrogens (tertiary/aromatic N) is 6. The Morgan fingerprint density at radius 2 is 0.439 bits per heavy atom. The molecule has 5 aromatic heterocycles. The van der Waals surface area contributed by atoms with Crippen LogP contribution in [-0.2, 0) is 0 Å². The van der Waals surface area contributed by atoms with Crippen molar-refractivity contribution in [3.8, 4) is 39.6 Å². The Kier molecular flexibility index (Phi) is 11.7. The lowest BCUT2D eigenvalue weighted by Gasteiger charge is -2.26. The first-order chi connectivity index (χ1) is 48.6. The topological polar surface area (TPSA) is 27.9 Å². The number of benzene rings is 16. The standard InChI is InChI=1S/C92H58N6/c1-2-22-69-59(19-1)20-17-37-81(69)97-87-35-15-8-28-75(87)79-58-92-80(57-91(79)97)76-29-9-16-36-88(76)98(92)89-38-18-21-60-39-40-61(55-77(60)89)62-41-54-90-78(56-62)74-27-7-14-34-86(74)96(90)68-52-46-65(47-53-68)93(63-42-48-66(49-43-63)94-82-30-10-3-23-70(82)71-24-4-11-31-83(71)94)64-44-50-67(51-45-64)95-84-32-12-5-25-72(84)73-26-6-13-33-85(73)95/h1-58H. The van der Waals surface area contributed by atoms with Crippen LogP contribution in [0.5, 0.6) is 0 Å². The number of hydrogen-bond donors (Lipinski definition) is 0. The smallest absolute Gasteiger partial charge is 0.0549 e. The zero-order valence-electron chi connectivity index (χ0n) is 53.2. The molecule has 0 bridgehead atoms. The zero-order valence-corrected chi connectivity index (χ0v) is 53.2. The second-order valence-corrected chi connectivity index (χ2v) is 26.0. The monoisotopic (exact) mass is 1250 g/mol. The first-order valence-electron chi connectivity index (χ1n) is 33.7. The van der Waals surface area contributed by atoms with Crippen LogP contribution >= 0.6 is 0 Å². The van der Waals surface area contributed by atoms with Gasteiger partial charge in [0.1, 0.15) is 0 Å². The maximum Gasteiger partial charge on any atom is 0.0549 e.